The predicted molar refractivity (Wildman–Crippen MR) is 84.5 cm³/mol. The quantitative estimate of drug-likeness (QED) is 0.646. The first-order chi connectivity index (χ1) is 11.0. The van der Waals surface area contributed by atoms with E-state index in [1.54, 1.807) is 12.1 Å². The number of amides is 1. The number of aliphatic hydroxyl groups excluding tert-OH is 1. The van der Waals surface area contributed by atoms with Crippen LogP contribution in [0.3, 0.4) is 0 Å². The van der Waals surface area contributed by atoms with Gasteiger partial charge in [-0.3, -0.25) is 4.79 Å². The van der Waals surface area contributed by atoms with Crippen molar-refractivity contribution in [3.63, 3.8) is 0 Å². The highest BCUT2D eigenvalue weighted by Crippen LogP contribution is 2.33. The molecule has 1 atom stereocenters. The topological polar surface area (TPSA) is 88.5 Å². The summed E-state index contributed by atoms with van der Waals surface area (Å²) in [5.41, 5.74) is 7.37. The average molecular weight is 314 g/mol. The molecule has 1 unspecified atom stereocenters. The molecule has 4 N–H and O–H groups in total. The Morgan fingerprint density at radius 1 is 1.30 bits per heavy atom. The van der Waals surface area contributed by atoms with Crippen molar-refractivity contribution in [3.8, 4) is 0 Å². The number of carbonyl (C=O) groups is 1. The van der Waals surface area contributed by atoms with Crippen LogP contribution in [-0.4, -0.2) is 11.0 Å². The molecule has 1 amide bonds. The van der Waals surface area contributed by atoms with Gasteiger partial charge >= 0.3 is 0 Å². The van der Waals surface area contributed by atoms with Gasteiger partial charge in [-0.05, 0) is 31.2 Å². The molecule has 1 aromatic heterocycles. The highest BCUT2D eigenvalue weighted by molar-refractivity contribution is 6.05. The maximum absolute atomic E-state index is 13.3. The first-order valence-corrected chi connectivity index (χ1v) is 6.98. The summed E-state index contributed by atoms with van der Waals surface area (Å²) >= 11 is 0. The van der Waals surface area contributed by atoms with Gasteiger partial charge in [0, 0.05) is 10.9 Å². The van der Waals surface area contributed by atoms with E-state index in [2.05, 4.69) is 5.32 Å². The van der Waals surface area contributed by atoms with Gasteiger partial charge in [-0.15, -0.1) is 0 Å². The van der Waals surface area contributed by atoms with Gasteiger partial charge < -0.3 is 20.6 Å². The van der Waals surface area contributed by atoms with Crippen molar-refractivity contribution in [2.75, 3.05) is 5.32 Å². The second-order valence-corrected chi connectivity index (χ2v) is 5.27. The van der Waals surface area contributed by atoms with Crippen molar-refractivity contribution in [3.05, 3.63) is 65.2 Å². The number of aryl methyl sites for hydroxylation is 1. The van der Waals surface area contributed by atoms with Crippen molar-refractivity contribution in [2.24, 2.45) is 5.73 Å². The third kappa shape index (κ3) is 2.89. The zero-order valence-corrected chi connectivity index (χ0v) is 12.3. The Balaban J connectivity index is 2.05. The largest absolute Gasteiger partial charge is 0.449 e. The van der Waals surface area contributed by atoms with E-state index in [4.69, 9.17) is 10.2 Å². The van der Waals surface area contributed by atoms with Crippen LogP contribution < -0.4 is 11.1 Å². The van der Waals surface area contributed by atoms with Crippen LogP contribution in [0.15, 0.2) is 46.9 Å². The minimum absolute atomic E-state index is 0.0824. The summed E-state index contributed by atoms with van der Waals surface area (Å²) in [5.74, 6) is -1.31. The molecule has 3 aromatic rings. The fourth-order valence-electron chi connectivity index (χ4n) is 2.43. The summed E-state index contributed by atoms with van der Waals surface area (Å²) in [5, 5.41) is 13.7. The molecule has 3 rings (SSSR count). The number of aliphatic hydroxyl groups is 1. The van der Waals surface area contributed by atoms with E-state index in [0.29, 0.717) is 16.5 Å². The van der Waals surface area contributed by atoms with Crippen LogP contribution in [0, 0.1) is 12.7 Å². The number of anilines is 1. The molecule has 23 heavy (non-hydrogen) atoms. The van der Waals surface area contributed by atoms with E-state index in [1.807, 2.05) is 19.1 Å². The Bertz CT molecular complexity index is 889. The SMILES string of the molecule is Cc1ccc2oc(C(N)=O)c(NC(O)c3cccc(F)c3)c2c1. The van der Waals surface area contributed by atoms with Crippen LogP contribution in [0.5, 0.6) is 0 Å². The monoisotopic (exact) mass is 314 g/mol. The van der Waals surface area contributed by atoms with Crippen LogP contribution in [0.25, 0.3) is 11.0 Å². The highest BCUT2D eigenvalue weighted by atomic mass is 19.1. The summed E-state index contributed by atoms with van der Waals surface area (Å²) < 4.78 is 18.7. The normalized spacial score (nSPS) is 12.3. The third-order valence-electron chi connectivity index (χ3n) is 3.51. The number of hydrogen-bond acceptors (Lipinski definition) is 4. The molecule has 0 saturated heterocycles. The van der Waals surface area contributed by atoms with E-state index < -0.39 is 18.0 Å². The number of carbonyl (C=O) groups excluding carboxylic acids is 1. The van der Waals surface area contributed by atoms with Gasteiger partial charge in [0.15, 0.2) is 6.23 Å². The van der Waals surface area contributed by atoms with Gasteiger partial charge in [0.2, 0.25) is 5.76 Å². The van der Waals surface area contributed by atoms with E-state index in [9.17, 15) is 14.3 Å². The average Bonchev–Trinajstić information content (AvgIpc) is 2.85. The Kier molecular flexibility index (Phi) is 3.75. The van der Waals surface area contributed by atoms with Crippen LogP contribution in [0.4, 0.5) is 10.1 Å². The number of benzene rings is 2. The Hall–Kier alpha value is -2.86. The molecule has 2 aromatic carbocycles. The smallest absolute Gasteiger partial charge is 0.286 e. The number of nitrogens with two attached hydrogens (primary N) is 1. The highest BCUT2D eigenvalue weighted by Gasteiger charge is 2.21. The molecule has 0 saturated carbocycles. The van der Waals surface area contributed by atoms with Crippen LogP contribution >= 0.6 is 0 Å². The molecule has 1 heterocycles. The van der Waals surface area contributed by atoms with Crippen LogP contribution in [-0.2, 0) is 0 Å². The number of hydrogen-bond donors (Lipinski definition) is 3. The summed E-state index contributed by atoms with van der Waals surface area (Å²) in [6.07, 6.45) is -1.22. The molecular formula is C17H15FN2O3. The van der Waals surface area contributed by atoms with Crippen molar-refractivity contribution in [1.82, 2.24) is 0 Å². The molecular weight excluding hydrogens is 299 g/mol. The molecule has 6 heteroatoms. The lowest BCUT2D eigenvalue weighted by Crippen LogP contribution is -2.15. The summed E-state index contributed by atoms with van der Waals surface area (Å²) in [6, 6.07) is 10.9. The maximum Gasteiger partial charge on any atom is 0.286 e. The van der Waals surface area contributed by atoms with E-state index in [-0.39, 0.29) is 11.4 Å². The van der Waals surface area contributed by atoms with Gasteiger partial charge in [-0.25, -0.2) is 4.39 Å². The molecule has 0 aliphatic rings. The number of halogens is 1. The first-order valence-electron chi connectivity index (χ1n) is 6.98. The molecule has 0 bridgehead atoms. The minimum Gasteiger partial charge on any atom is -0.449 e. The van der Waals surface area contributed by atoms with E-state index in [1.165, 1.54) is 18.2 Å². The van der Waals surface area contributed by atoms with Crippen molar-refractivity contribution >= 4 is 22.6 Å². The summed E-state index contributed by atoms with van der Waals surface area (Å²) in [7, 11) is 0. The number of rotatable bonds is 4. The molecule has 0 fully saturated rings. The fourth-order valence-corrected chi connectivity index (χ4v) is 2.43. The first kappa shape index (κ1) is 15.1. The summed E-state index contributed by atoms with van der Waals surface area (Å²) in [6.45, 7) is 1.89. The lowest BCUT2D eigenvalue weighted by atomic mass is 10.1. The Morgan fingerprint density at radius 3 is 2.78 bits per heavy atom. The molecule has 5 nitrogen and oxygen atoms in total. The number of fused-ring (bicyclic) bond motifs is 1. The number of nitrogens with one attached hydrogen (secondary N) is 1. The second kappa shape index (κ2) is 5.73. The standard InChI is InChI=1S/C17H15FN2O3/c1-9-5-6-13-12(7-9)14(15(23-13)16(19)21)20-17(22)10-3-2-4-11(18)8-10/h2-8,17,20,22H,1H3,(H2,19,21). The van der Waals surface area contributed by atoms with E-state index >= 15 is 0 Å². The van der Waals surface area contributed by atoms with Crippen molar-refractivity contribution < 1.29 is 18.7 Å². The van der Waals surface area contributed by atoms with Gasteiger partial charge in [-0.1, -0.05) is 23.8 Å². The number of furan rings is 1. The Morgan fingerprint density at radius 2 is 2.09 bits per heavy atom. The van der Waals surface area contributed by atoms with Crippen molar-refractivity contribution in [1.29, 1.82) is 0 Å². The zero-order valence-electron chi connectivity index (χ0n) is 12.3. The number of primary amides is 1. The molecule has 0 radical (unpaired) electrons. The molecule has 118 valence electrons. The Labute approximate surface area is 131 Å². The summed E-state index contributed by atoms with van der Waals surface area (Å²) in [4.78, 5) is 11.6. The lowest BCUT2D eigenvalue weighted by Gasteiger charge is -2.14. The van der Waals surface area contributed by atoms with Crippen molar-refractivity contribution in [2.45, 2.75) is 13.2 Å². The lowest BCUT2D eigenvalue weighted by molar-refractivity contribution is 0.0976. The zero-order chi connectivity index (χ0) is 16.6. The van der Waals surface area contributed by atoms with E-state index in [0.717, 1.165) is 5.56 Å². The molecule has 0 aliphatic carbocycles. The van der Waals surface area contributed by atoms with Gasteiger partial charge in [0.1, 0.15) is 11.4 Å². The predicted octanol–water partition coefficient (Wildman–Crippen LogP) is 3.08. The second-order valence-electron chi connectivity index (χ2n) is 5.27. The van der Waals surface area contributed by atoms with Crippen LogP contribution in [0.2, 0.25) is 0 Å². The third-order valence-corrected chi connectivity index (χ3v) is 3.51. The minimum atomic E-state index is -1.22. The fraction of sp³-hybridized carbons (Fsp3) is 0.118. The van der Waals surface area contributed by atoms with Crippen LogP contribution in [0.1, 0.15) is 27.9 Å². The maximum atomic E-state index is 13.3. The molecule has 0 spiro atoms. The van der Waals surface area contributed by atoms with Gasteiger partial charge in [0.25, 0.3) is 5.91 Å². The molecule has 0 aliphatic heterocycles. The van der Waals surface area contributed by atoms with Gasteiger partial charge in [-0.2, -0.15) is 0 Å². The van der Waals surface area contributed by atoms with Gasteiger partial charge in [0.05, 0.1) is 5.69 Å².